The SMILES string of the molecule is CNC(CSc1ccc(F)cc1)c1cccc(Br)c1F. The monoisotopic (exact) mass is 357 g/mol. The third-order valence-electron chi connectivity index (χ3n) is 2.94. The molecule has 20 heavy (non-hydrogen) atoms. The summed E-state index contributed by atoms with van der Waals surface area (Å²) in [6, 6.07) is 11.5. The number of rotatable bonds is 5. The second-order valence-corrected chi connectivity index (χ2v) is 6.20. The zero-order valence-corrected chi connectivity index (χ0v) is 13.3. The summed E-state index contributed by atoms with van der Waals surface area (Å²) in [6.45, 7) is 0. The van der Waals surface area contributed by atoms with Crippen LogP contribution in [0, 0.1) is 11.6 Å². The summed E-state index contributed by atoms with van der Waals surface area (Å²) in [5, 5.41) is 3.11. The molecule has 0 aliphatic rings. The molecule has 0 spiro atoms. The van der Waals surface area contributed by atoms with Crippen molar-refractivity contribution in [3.8, 4) is 0 Å². The summed E-state index contributed by atoms with van der Waals surface area (Å²) in [7, 11) is 1.80. The van der Waals surface area contributed by atoms with E-state index >= 15 is 0 Å². The highest BCUT2D eigenvalue weighted by atomic mass is 79.9. The standard InChI is InChI=1S/C15H14BrF2NS/c1-19-14(12-3-2-4-13(16)15(12)18)9-20-11-7-5-10(17)6-8-11/h2-8,14,19H,9H2,1H3. The van der Waals surface area contributed by atoms with Crippen LogP contribution in [0.25, 0.3) is 0 Å². The first-order valence-electron chi connectivity index (χ1n) is 6.11. The molecule has 0 aromatic heterocycles. The van der Waals surface area contributed by atoms with E-state index in [1.807, 2.05) is 6.07 Å². The molecule has 106 valence electrons. The Morgan fingerprint density at radius 1 is 1.15 bits per heavy atom. The minimum Gasteiger partial charge on any atom is -0.312 e. The molecule has 0 saturated heterocycles. The van der Waals surface area contributed by atoms with Gasteiger partial charge in [-0.25, -0.2) is 8.78 Å². The first kappa shape index (κ1) is 15.5. The lowest BCUT2D eigenvalue weighted by molar-refractivity contribution is 0.561. The van der Waals surface area contributed by atoms with Crippen molar-refractivity contribution in [2.24, 2.45) is 0 Å². The van der Waals surface area contributed by atoms with E-state index in [1.165, 1.54) is 12.1 Å². The van der Waals surface area contributed by atoms with Crippen molar-refractivity contribution in [1.29, 1.82) is 0 Å². The van der Waals surface area contributed by atoms with Gasteiger partial charge in [0.2, 0.25) is 0 Å². The van der Waals surface area contributed by atoms with Crippen molar-refractivity contribution in [3.05, 3.63) is 64.1 Å². The second kappa shape index (κ2) is 7.20. The van der Waals surface area contributed by atoms with E-state index < -0.39 is 0 Å². The first-order chi connectivity index (χ1) is 9.61. The Labute approximate surface area is 129 Å². The lowest BCUT2D eigenvalue weighted by Crippen LogP contribution is -2.20. The van der Waals surface area contributed by atoms with Crippen molar-refractivity contribution in [2.45, 2.75) is 10.9 Å². The van der Waals surface area contributed by atoms with Gasteiger partial charge in [-0.3, -0.25) is 0 Å². The lowest BCUT2D eigenvalue weighted by Gasteiger charge is -2.17. The number of benzene rings is 2. The van der Waals surface area contributed by atoms with E-state index in [-0.39, 0.29) is 17.7 Å². The smallest absolute Gasteiger partial charge is 0.142 e. The molecule has 2 aromatic carbocycles. The first-order valence-corrected chi connectivity index (χ1v) is 7.89. The molecule has 0 saturated carbocycles. The van der Waals surface area contributed by atoms with Gasteiger partial charge in [0.25, 0.3) is 0 Å². The molecule has 0 aliphatic heterocycles. The molecule has 1 nitrogen and oxygen atoms in total. The minimum absolute atomic E-state index is 0.109. The molecule has 5 heteroatoms. The van der Waals surface area contributed by atoms with Crippen LogP contribution in [0.2, 0.25) is 0 Å². The van der Waals surface area contributed by atoms with Gasteiger partial charge in [-0.15, -0.1) is 11.8 Å². The average molecular weight is 358 g/mol. The minimum atomic E-state index is -0.252. The van der Waals surface area contributed by atoms with Crippen molar-refractivity contribution < 1.29 is 8.78 Å². The van der Waals surface area contributed by atoms with Gasteiger partial charge in [0.1, 0.15) is 11.6 Å². The van der Waals surface area contributed by atoms with E-state index in [0.717, 1.165) is 4.90 Å². The highest BCUT2D eigenvalue weighted by Crippen LogP contribution is 2.28. The highest BCUT2D eigenvalue weighted by Gasteiger charge is 2.16. The van der Waals surface area contributed by atoms with Crippen molar-refractivity contribution in [1.82, 2.24) is 5.32 Å². The van der Waals surface area contributed by atoms with Gasteiger partial charge in [0.05, 0.1) is 4.47 Å². The van der Waals surface area contributed by atoms with E-state index in [9.17, 15) is 8.78 Å². The summed E-state index contributed by atoms with van der Waals surface area (Å²) in [5.41, 5.74) is 0.622. The largest absolute Gasteiger partial charge is 0.312 e. The number of thioether (sulfide) groups is 1. The fourth-order valence-corrected chi connectivity index (χ4v) is 3.24. The Bertz CT molecular complexity index is 575. The number of hydrogen-bond donors (Lipinski definition) is 1. The van der Waals surface area contributed by atoms with Gasteiger partial charge >= 0.3 is 0 Å². The van der Waals surface area contributed by atoms with Crippen molar-refractivity contribution in [2.75, 3.05) is 12.8 Å². The lowest BCUT2D eigenvalue weighted by atomic mass is 10.1. The maximum Gasteiger partial charge on any atom is 0.142 e. The van der Waals surface area contributed by atoms with Gasteiger partial charge in [-0.2, -0.15) is 0 Å². The van der Waals surface area contributed by atoms with Gasteiger partial charge in [-0.05, 0) is 53.3 Å². The molecule has 1 atom stereocenters. The maximum absolute atomic E-state index is 14.1. The summed E-state index contributed by atoms with van der Waals surface area (Å²) >= 11 is 4.76. The molecule has 0 bridgehead atoms. The van der Waals surface area contributed by atoms with Crippen LogP contribution < -0.4 is 5.32 Å². The predicted molar refractivity (Wildman–Crippen MR) is 83.0 cm³/mol. The summed E-state index contributed by atoms with van der Waals surface area (Å²) in [6.07, 6.45) is 0. The van der Waals surface area contributed by atoms with Gasteiger partial charge < -0.3 is 5.32 Å². The predicted octanol–water partition coefficient (Wildman–Crippen LogP) is 4.78. The normalized spacial score (nSPS) is 12.4. The molecule has 0 heterocycles. The quantitative estimate of drug-likeness (QED) is 0.772. The maximum atomic E-state index is 14.1. The van der Waals surface area contributed by atoms with Crippen LogP contribution in [-0.4, -0.2) is 12.8 Å². The molecule has 1 N–H and O–H groups in total. The molecule has 0 aliphatic carbocycles. The molecule has 0 radical (unpaired) electrons. The molecular weight excluding hydrogens is 344 g/mol. The number of nitrogens with one attached hydrogen (secondary N) is 1. The second-order valence-electron chi connectivity index (χ2n) is 4.25. The van der Waals surface area contributed by atoms with Crippen molar-refractivity contribution >= 4 is 27.7 Å². The Balaban J connectivity index is 2.09. The Hall–Kier alpha value is -0.910. The third kappa shape index (κ3) is 3.81. The summed E-state index contributed by atoms with van der Waals surface area (Å²) in [4.78, 5) is 0.960. The van der Waals surface area contributed by atoms with E-state index in [1.54, 1.807) is 43.1 Å². The highest BCUT2D eigenvalue weighted by molar-refractivity contribution is 9.10. The molecule has 2 aromatic rings. The van der Waals surface area contributed by atoms with Crippen LogP contribution in [0.4, 0.5) is 8.78 Å². The number of halogens is 3. The zero-order chi connectivity index (χ0) is 14.5. The summed E-state index contributed by atoms with van der Waals surface area (Å²) in [5.74, 6) is 0.166. The van der Waals surface area contributed by atoms with Crippen LogP contribution >= 0.6 is 27.7 Å². The van der Waals surface area contributed by atoms with E-state index in [2.05, 4.69) is 21.2 Å². The fourth-order valence-electron chi connectivity index (χ4n) is 1.83. The molecule has 0 amide bonds. The van der Waals surface area contributed by atoms with Crippen LogP contribution in [0.5, 0.6) is 0 Å². The number of hydrogen-bond acceptors (Lipinski definition) is 2. The molecular formula is C15H14BrF2NS. The third-order valence-corrected chi connectivity index (χ3v) is 4.65. The van der Waals surface area contributed by atoms with Crippen molar-refractivity contribution in [3.63, 3.8) is 0 Å². The average Bonchev–Trinajstić information content (AvgIpc) is 2.45. The van der Waals surface area contributed by atoms with Crippen LogP contribution in [0.3, 0.4) is 0 Å². The molecule has 1 unspecified atom stereocenters. The van der Waals surface area contributed by atoms with E-state index in [4.69, 9.17) is 0 Å². The summed E-state index contributed by atoms with van der Waals surface area (Å²) < 4.78 is 27.4. The van der Waals surface area contributed by atoms with Gasteiger partial charge in [0.15, 0.2) is 0 Å². The molecule has 0 fully saturated rings. The fraction of sp³-hybridized carbons (Fsp3) is 0.200. The Morgan fingerprint density at radius 3 is 2.50 bits per heavy atom. The van der Waals surface area contributed by atoms with Gasteiger partial charge in [-0.1, -0.05) is 12.1 Å². The Kier molecular flexibility index (Phi) is 5.57. The van der Waals surface area contributed by atoms with Crippen LogP contribution in [-0.2, 0) is 0 Å². The molecule has 2 rings (SSSR count). The van der Waals surface area contributed by atoms with Gasteiger partial charge in [0, 0.05) is 22.3 Å². The Morgan fingerprint density at radius 2 is 1.85 bits per heavy atom. The van der Waals surface area contributed by atoms with E-state index in [0.29, 0.717) is 15.8 Å². The zero-order valence-electron chi connectivity index (χ0n) is 10.9. The topological polar surface area (TPSA) is 12.0 Å². The van der Waals surface area contributed by atoms with Crippen LogP contribution in [0.15, 0.2) is 51.8 Å². The van der Waals surface area contributed by atoms with Crippen LogP contribution in [0.1, 0.15) is 11.6 Å².